The third kappa shape index (κ3) is 6.15. The van der Waals surface area contributed by atoms with Gasteiger partial charge < -0.3 is 24.8 Å². The Morgan fingerprint density at radius 2 is 1.50 bits per heavy atom. The summed E-state index contributed by atoms with van der Waals surface area (Å²) < 4.78 is 29.7. The minimum atomic E-state index is -0.213. The number of aryl methyl sites for hydroxylation is 1. The average Bonchev–Trinajstić information content (AvgIpc) is 2.69. The predicted octanol–water partition coefficient (Wildman–Crippen LogP) is 3.64. The maximum atomic E-state index is 13.7. The number of halogens is 2. The van der Waals surface area contributed by atoms with Gasteiger partial charge in [0, 0.05) is 20.1 Å². The number of nitrogens with zero attached hydrogens (tertiary/aromatic N) is 1. The second-order valence-corrected chi connectivity index (χ2v) is 5.90. The molecule has 0 aliphatic carbocycles. The highest BCUT2D eigenvalue weighted by atomic mass is 127. The number of hydrogen-bond donors (Lipinski definition) is 2. The van der Waals surface area contributed by atoms with Crippen molar-refractivity contribution in [2.45, 2.75) is 20.0 Å². The molecule has 0 saturated carbocycles. The molecular formula is C20H27FIN3O3. The molecule has 2 aromatic carbocycles. The van der Waals surface area contributed by atoms with Crippen LogP contribution in [0.25, 0.3) is 0 Å². The largest absolute Gasteiger partial charge is 0.493 e. The smallest absolute Gasteiger partial charge is 0.203 e. The van der Waals surface area contributed by atoms with E-state index >= 15 is 0 Å². The van der Waals surface area contributed by atoms with E-state index in [1.807, 2.05) is 18.2 Å². The first-order chi connectivity index (χ1) is 13.0. The highest BCUT2D eigenvalue weighted by molar-refractivity contribution is 14.0. The molecule has 0 aliphatic heterocycles. The first-order valence-electron chi connectivity index (χ1n) is 8.50. The zero-order valence-electron chi connectivity index (χ0n) is 16.8. The number of aliphatic imine (C=N–C) groups is 1. The molecule has 0 radical (unpaired) electrons. The number of hydrogen-bond acceptors (Lipinski definition) is 4. The van der Waals surface area contributed by atoms with Crippen LogP contribution >= 0.6 is 24.0 Å². The monoisotopic (exact) mass is 503 g/mol. The van der Waals surface area contributed by atoms with Gasteiger partial charge in [0.25, 0.3) is 0 Å². The van der Waals surface area contributed by atoms with Crippen molar-refractivity contribution in [3.8, 4) is 17.2 Å². The van der Waals surface area contributed by atoms with Gasteiger partial charge in [-0.1, -0.05) is 12.1 Å². The van der Waals surface area contributed by atoms with E-state index in [9.17, 15) is 4.39 Å². The lowest BCUT2D eigenvalue weighted by molar-refractivity contribution is 0.323. The molecule has 0 spiro atoms. The summed E-state index contributed by atoms with van der Waals surface area (Å²) in [4.78, 5) is 4.19. The quantitative estimate of drug-likeness (QED) is 0.343. The summed E-state index contributed by atoms with van der Waals surface area (Å²) >= 11 is 0. The van der Waals surface area contributed by atoms with E-state index in [2.05, 4.69) is 15.6 Å². The second-order valence-electron chi connectivity index (χ2n) is 5.90. The number of benzene rings is 2. The Kier molecular flexibility index (Phi) is 9.84. The Labute approximate surface area is 182 Å². The first-order valence-corrected chi connectivity index (χ1v) is 8.50. The van der Waals surface area contributed by atoms with Crippen LogP contribution < -0.4 is 24.8 Å². The molecule has 0 heterocycles. The Morgan fingerprint density at radius 3 is 1.96 bits per heavy atom. The Bertz CT molecular complexity index is 790. The molecule has 2 aromatic rings. The Morgan fingerprint density at radius 1 is 0.929 bits per heavy atom. The second kappa shape index (κ2) is 11.6. The normalized spacial score (nSPS) is 10.7. The van der Waals surface area contributed by atoms with Gasteiger partial charge in [-0.05, 0) is 41.8 Å². The van der Waals surface area contributed by atoms with Gasteiger partial charge in [0.2, 0.25) is 5.75 Å². The number of nitrogens with one attached hydrogen (secondary N) is 2. The van der Waals surface area contributed by atoms with Crippen LogP contribution in [0.3, 0.4) is 0 Å². The maximum absolute atomic E-state index is 13.7. The molecule has 2 rings (SSSR count). The molecular weight excluding hydrogens is 476 g/mol. The van der Waals surface area contributed by atoms with E-state index in [4.69, 9.17) is 14.2 Å². The molecule has 0 aromatic heterocycles. The van der Waals surface area contributed by atoms with Crippen LogP contribution in [0.1, 0.15) is 16.7 Å². The van der Waals surface area contributed by atoms with E-state index in [0.717, 1.165) is 11.1 Å². The molecule has 0 fully saturated rings. The lowest BCUT2D eigenvalue weighted by Crippen LogP contribution is -2.36. The zero-order valence-corrected chi connectivity index (χ0v) is 19.1. The van der Waals surface area contributed by atoms with E-state index in [1.165, 1.54) is 6.07 Å². The Hall–Kier alpha value is -2.23. The predicted molar refractivity (Wildman–Crippen MR) is 120 cm³/mol. The van der Waals surface area contributed by atoms with Gasteiger partial charge in [-0.2, -0.15) is 0 Å². The summed E-state index contributed by atoms with van der Waals surface area (Å²) in [6, 6.07) is 8.92. The lowest BCUT2D eigenvalue weighted by Gasteiger charge is -2.16. The van der Waals surface area contributed by atoms with Crippen molar-refractivity contribution in [1.29, 1.82) is 0 Å². The third-order valence-corrected chi connectivity index (χ3v) is 4.10. The SMILES string of the molecule is CN=C(NCc1ccc(C)c(F)c1)NCc1cc(OC)c(OC)c(OC)c1.I. The fourth-order valence-corrected chi connectivity index (χ4v) is 2.58. The number of methoxy groups -OCH3 is 3. The van der Waals surface area contributed by atoms with Gasteiger partial charge in [-0.15, -0.1) is 24.0 Å². The topological polar surface area (TPSA) is 64.1 Å². The molecule has 154 valence electrons. The number of rotatable bonds is 7. The van der Waals surface area contributed by atoms with Gasteiger partial charge >= 0.3 is 0 Å². The van der Waals surface area contributed by atoms with Crippen molar-refractivity contribution < 1.29 is 18.6 Å². The van der Waals surface area contributed by atoms with Gasteiger partial charge in [0.1, 0.15) is 5.82 Å². The van der Waals surface area contributed by atoms with E-state index < -0.39 is 0 Å². The number of ether oxygens (including phenoxy) is 3. The summed E-state index contributed by atoms with van der Waals surface area (Å²) in [5.74, 6) is 2.12. The Balaban J connectivity index is 0.00000392. The van der Waals surface area contributed by atoms with Crippen molar-refractivity contribution in [2.24, 2.45) is 4.99 Å². The fraction of sp³-hybridized carbons (Fsp3) is 0.350. The molecule has 0 unspecified atom stereocenters. The minimum absolute atomic E-state index is 0. The van der Waals surface area contributed by atoms with Crippen LogP contribution in [0, 0.1) is 12.7 Å². The van der Waals surface area contributed by atoms with Crippen molar-refractivity contribution in [3.63, 3.8) is 0 Å². The summed E-state index contributed by atoms with van der Waals surface area (Å²) in [5, 5.41) is 6.38. The van der Waals surface area contributed by atoms with Crippen LogP contribution in [0.2, 0.25) is 0 Å². The average molecular weight is 503 g/mol. The maximum Gasteiger partial charge on any atom is 0.203 e. The number of guanidine groups is 1. The van der Waals surface area contributed by atoms with Gasteiger partial charge in [-0.25, -0.2) is 4.39 Å². The van der Waals surface area contributed by atoms with Crippen LogP contribution in [0.15, 0.2) is 35.3 Å². The van der Waals surface area contributed by atoms with Gasteiger partial charge in [0.05, 0.1) is 21.3 Å². The van der Waals surface area contributed by atoms with Crippen molar-refractivity contribution in [2.75, 3.05) is 28.4 Å². The molecule has 0 atom stereocenters. The molecule has 0 bridgehead atoms. The molecule has 8 heteroatoms. The van der Waals surface area contributed by atoms with Crippen LogP contribution in [-0.4, -0.2) is 34.3 Å². The summed E-state index contributed by atoms with van der Waals surface area (Å²) in [5.41, 5.74) is 2.41. The zero-order chi connectivity index (χ0) is 19.8. The standard InChI is InChI=1S/C20H26FN3O3.HI/c1-13-6-7-14(8-16(13)21)11-23-20(22-2)24-12-15-9-17(25-3)19(27-5)18(10-15)26-4;/h6-10H,11-12H2,1-5H3,(H2,22,23,24);1H. The summed E-state index contributed by atoms with van der Waals surface area (Å²) in [6.45, 7) is 2.70. The van der Waals surface area contributed by atoms with Gasteiger partial charge in [0.15, 0.2) is 17.5 Å². The van der Waals surface area contributed by atoms with Crippen LogP contribution in [-0.2, 0) is 13.1 Å². The summed E-state index contributed by atoms with van der Waals surface area (Å²) in [7, 11) is 6.41. The molecule has 0 saturated heterocycles. The molecule has 28 heavy (non-hydrogen) atoms. The van der Waals surface area contributed by atoms with Crippen LogP contribution in [0.4, 0.5) is 4.39 Å². The highest BCUT2D eigenvalue weighted by Crippen LogP contribution is 2.38. The van der Waals surface area contributed by atoms with Crippen molar-refractivity contribution >= 4 is 29.9 Å². The van der Waals surface area contributed by atoms with E-state index in [-0.39, 0.29) is 29.8 Å². The molecule has 0 aliphatic rings. The van der Waals surface area contributed by atoms with Gasteiger partial charge in [-0.3, -0.25) is 4.99 Å². The lowest BCUT2D eigenvalue weighted by atomic mass is 10.1. The fourth-order valence-electron chi connectivity index (χ4n) is 2.58. The summed E-state index contributed by atoms with van der Waals surface area (Å²) in [6.07, 6.45) is 0. The van der Waals surface area contributed by atoms with Crippen molar-refractivity contribution in [3.05, 3.63) is 52.8 Å². The molecule has 2 N–H and O–H groups in total. The van der Waals surface area contributed by atoms with Crippen molar-refractivity contribution in [1.82, 2.24) is 10.6 Å². The molecule has 0 amide bonds. The first kappa shape index (κ1) is 23.8. The highest BCUT2D eigenvalue weighted by Gasteiger charge is 2.13. The van der Waals surface area contributed by atoms with E-state index in [0.29, 0.717) is 41.9 Å². The third-order valence-electron chi connectivity index (χ3n) is 4.10. The van der Waals surface area contributed by atoms with Crippen LogP contribution in [0.5, 0.6) is 17.2 Å². The van der Waals surface area contributed by atoms with E-state index in [1.54, 1.807) is 41.4 Å². The minimum Gasteiger partial charge on any atom is -0.493 e. The molecule has 6 nitrogen and oxygen atoms in total.